The first-order chi connectivity index (χ1) is 21.6. The minimum absolute atomic E-state index is 0.00610. The van der Waals surface area contributed by atoms with E-state index < -0.39 is 22.6 Å². The Bertz CT molecular complexity index is 1790. The van der Waals surface area contributed by atoms with Gasteiger partial charge in [-0.15, -0.1) is 0 Å². The van der Waals surface area contributed by atoms with Crippen LogP contribution < -0.4 is 4.90 Å². The van der Waals surface area contributed by atoms with Crippen LogP contribution in [0.2, 0.25) is 0 Å². The molecular weight excluding hydrogens is 564 g/mol. The van der Waals surface area contributed by atoms with Gasteiger partial charge in [0.05, 0.1) is 22.6 Å². The Morgan fingerprint density at radius 3 is 1.96 bits per heavy atom. The molecule has 2 heterocycles. The van der Waals surface area contributed by atoms with Crippen molar-refractivity contribution in [2.45, 2.75) is 49.7 Å². The van der Waals surface area contributed by atoms with E-state index in [4.69, 9.17) is 9.72 Å². The van der Waals surface area contributed by atoms with E-state index in [1.165, 1.54) is 6.07 Å². The highest BCUT2D eigenvalue weighted by atomic mass is 16.6. The van der Waals surface area contributed by atoms with Crippen LogP contribution in [0.4, 0.5) is 16.2 Å². The van der Waals surface area contributed by atoms with Gasteiger partial charge in [-0.1, -0.05) is 91.0 Å². The maximum absolute atomic E-state index is 13.4. The largest absolute Gasteiger partial charge is 0.443 e. The number of nitro groups is 1. The first kappa shape index (κ1) is 28.5. The number of carbonyl (C=O) groups excluding carboxylic acids is 1. The predicted octanol–water partition coefficient (Wildman–Crippen LogP) is 7.81. The van der Waals surface area contributed by atoms with E-state index in [1.54, 1.807) is 17.0 Å². The van der Waals surface area contributed by atoms with Gasteiger partial charge in [-0.3, -0.25) is 15.0 Å². The molecule has 1 saturated carbocycles. The summed E-state index contributed by atoms with van der Waals surface area (Å²) < 4.78 is 7.93. The Labute approximate surface area is 262 Å². The summed E-state index contributed by atoms with van der Waals surface area (Å²) in [6, 6.07) is 36.0. The number of fused-ring (bicyclic) bond motifs is 2. The number of hydrogen-bond acceptors (Lipinski definition) is 5. The fourth-order valence-corrected chi connectivity index (χ4v) is 7.06. The molecule has 0 saturated heterocycles. The summed E-state index contributed by atoms with van der Waals surface area (Å²) >= 11 is 0. The minimum Gasteiger partial charge on any atom is -0.443 e. The summed E-state index contributed by atoms with van der Waals surface area (Å²) in [4.78, 5) is 31.4. The Kier molecular flexibility index (Phi) is 6.62. The quantitative estimate of drug-likeness (QED) is 0.113. The summed E-state index contributed by atoms with van der Waals surface area (Å²) in [6.07, 6.45) is 4.26. The number of non-ortho nitro benzene ring substituents is 1. The maximum Gasteiger partial charge on any atom is 0.414 e. The Morgan fingerprint density at radius 2 is 1.44 bits per heavy atom. The molecule has 1 aliphatic heterocycles. The average Bonchev–Trinajstić information content (AvgIpc) is 3.38. The topological polar surface area (TPSA) is 90.5 Å². The van der Waals surface area contributed by atoms with Crippen LogP contribution in [0.1, 0.15) is 61.1 Å². The van der Waals surface area contributed by atoms with Crippen molar-refractivity contribution in [2.75, 3.05) is 11.4 Å². The van der Waals surface area contributed by atoms with E-state index in [0.29, 0.717) is 18.7 Å². The highest BCUT2D eigenvalue weighted by molar-refractivity contribution is 5.93. The number of imidazole rings is 1. The summed E-state index contributed by atoms with van der Waals surface area (Å²) in [6.45, 7) is 5.87. The molecule has 8 nitrogen and oxygen atoms in total. The number of amides is 1. The monoisotopic (exact) mass is 598 g/mol. The Balaban J connectivity index is 1.34. The molecular formula is C37H34N4O4. The third-order valence-corrected chi connectivity index (χ3v) is 9.07. The van der Waals surface area contributed by atoms with Crippen molar-refractivity contribution in [3.63, 3.8) is 0 Å². The molecule has 8 heteroatoms. The molecule has 45 heavy (non-hydrogen) atoms. The van der Waals surface area contributed by atoms with Gasteiger partial charge in [0, 0.05) is 36.2 Å². The van der Waals surface area contributed by atoms with E-state index in [-0.39, 0.29) is 16.5 Å². The first-order valence-corrected chi connectivity index (χ1v) is 15.1. The van der Waals surface area contributed by atoms with E-state index in [9.17, 15) is 14.9 Å². The van der Waals surface area contributed by atoms with Crippen LogP contribution in [0.3, 0.4) is 0 Å². The fraction of sp³-hybridized carbons (Fsp3) is 0.243. The SMILES string of the molecule is CC(C)(C)OC(=O)N1CC2(CC2c2cn(C(c3ccccc3)(c3ccccc3)c3ccccc3)cn2)c2cc([N+](=O)[O-])ccc21. The standard InChI is InChI=1S/C37H34N4O4/c1-35(2,3)45-34(42)40-24-36(30-21-29(41(43)44)19-20-33(30)40)22-31(36)32-23-39(25-38-32)37(26-13-7-4-8-14-26,27-15-9-5-10-16-27)28-17-11-6-12-18-28/h4-21,23,25,31H,22,24H2,1-3H3. The lowest BCUT2D eigenvalue weighted by Gasteiger charge is -2.37. The van der Waals surface area contributed by atoms with Gasteiger partial charge in [0.2, 0.25) is 0 Å². The van der Waals surface area contributed by atoms with Gasteiger partial charge in [0.1, 0.15) is 11.1 Å². The number of carbonyl (C=O) groups is 1. The van der Waals surface area contributed by atoms with Crippen molar-refractivity contribution in [2.24, 2.45) is 0 Å². The highest BCUT2D eigenvalue weighted by Crippen LogP contribution is 2.66. The molecule has 0 bridgehead atoms. The number of ether oxygens (including phenoxy) is 1. The van der Waals surface area contributed by atoms with Gasteiger partial charge >= 0.3 is 6.09 Å². The average molecular weight is 599 g/mol. The zero-order valence-corrected chi connectivity index (χ0v) is 25.5. The van der Waals surface area contributed by atoms with Crippen molar-refractivity contribution in [1.29, 1.82) is 0 Å². The third-order valence-electron chi connectivity index (χ3n) is 9.07. The van der Waals surface area contributed by atoms with Gasteiger partial charge in [0.15, 0.2) is 0 Å². The van der Waals surface area contributed by atoms with E-state index in [2.05, 4.69) is 83.6 Å². The van der Waals surface area contributed by atoms with Crippen LogP contribution in [0, 0.1) is 10.1 Å². The summed E-state index contributed by atoms with van der Waals surface area (Å²) in [7, 11) is 0. The van der Waals surface area contributed by atoms with Gasteiger partial charge in [-0.25, -0.2) is 9.78 Å². The minimum atomic E-state index is -0.702. The Morgan fingerprint density at radius 1 is 0.889 bits per heavy atom. The number of hydrogen-bond donors (Lipinski definition) is 0. The van der Waals surface area contributed by atoms with Gasteiger partial charge < -0.3 is 9.30 Å². The molecule has 4 aromatic carbocycles. The number of benzene rings is 4. The molecule has 1 aliphatic carbocycles. The van der Waals surface area contributed by atoms with E-state index in [0.717, 1.165) is 27.9 Å². The zero-order valence-electron chi connectivity index (χ0n) is 25.5. The molecule has 1 amide bonds. The highest BCUT2D eigenvalue weighted by Gasteiger charge is 2.63. The second-order valence-electron chi connectivity index (χ2n) is 13.0. The van der Waals surface area contributed by atoms with Crippen LogP contribution in [0.25, 0.3) is 0 Å². The number of anilines is 1. The second-order valence-corrected chi connectivity index (χ2v) is 13.0. The molecule has 7 rings (SSSR count). The van der Waals surface area contributed by atoms with Crippen molar-refractivity contribution >= 4 is 17.5 Å². The van der Waals surface area contributed by atoms with Crippen molar-refractivity contribution < 1.29 is 14.5 Å². The molecule has 1 aromatic heterocycles. The lowest BCUT2D eigenvalue weighted by atomic mass is 9.77. The van der Waals surface area contributed by atoms with E-state index in [1.807, 2.05) is 45.3 Å². The molecule has 2 atom stereocenters. The predicted molar refractivity (Wildman–Crippen MR) is 173 cm³/mol. The van der Waals surface area contributed by atoms with Gasteiger partial charge in [-0.05, 0) is 55.5 Å². The van der Waals surface area contributed by atoms with Gasteiger partial charge in [0.25, 0.3) is 5.69 Å². The number of nitrogens with zero attached hydrogens (tertiary/aromatic N) is 4. The molecule has 1 fully saturated rings. The number of nitro benzene ring substituents is 1. The van der Waals surface area contributed by atoms with Crippen LogP contribution in [0.5, 0.6) is 0 Å². The smallest absolute Gasteiger partial charge is 0.414 e. The molecule has 226 valence electrons. The lowest BCUT2D eigenvalue weighted by molar-refractivity contribution is -0.384. The van der Waals surface area contributed by atoms with Crippen LogP contribution in [-0.4, -0.2) is 32.7 Å². The van der Waals surface area contributed by atoms with Crippen LogP contribution >= 0.6 is 0 Å². The molecule has 2 unspecified atom stereocenters. The third kappa shape index (κ3) is 4.68. The van der Waals surface area contributed by atoms with Gasteiger partial charge in [-0.2, -0.15) is 0 Å². The normalized spacial score (nSPS) is 18.9. The molecule has 2 aliphatic rings. The van der Waals surface area contributed by atoms with Crippen molar-refractivity contribution in [3.8, 4) is 0 Å². The first-order valence-electron chi connectivity index (χ1n) is 15.1. The zero-order chi connectivity index (χ0) is 31.4. The second kappa shape index (κ2) is 10.4. The van der Waals surface area contributed by atoms with Crippen LogP contribution in [-0.2, 0) is 15.7 Å². The van der Waals surface area contributed by atoms with Crippen molar-refractivity contribution in [1.82, 2.24) is 9.55 Å². The number of rotatable bonds is 6. The van der Waals surface area contributed by atoms with E-state index >= 15 is 0 Å². The van der Waals surface area contributed by atoms with Crippen LogP contribution in [0.15, 0.2) is 122 Å². The maximum atomic E-state index is 13.4. The molecule has 1 spiro atoms. The van der Waals surface area contributed by atoms with Crippen molar-refractivity contribution in [3.05, 3.63) is 160 Å². The Hall–Kier alpha value is -5.24. The fourth-order valence-electron chi connectivity index (χ4n) is 7.06. The summed E-state index contributed by atoms with van der Waals surface area (Å²) in [5, 5.41) is 11.8. The summed E-state index contributed by atoms with van der Waals surface area (Å²) in [5.41, 5.74) is 3.74. The molecule has 0 N–H and O–H groups in total. The lowest BCUT2D eigenvalue weighted by Crippen LogP contribution is -2.37. The molecule has 0 radical (unpaired) electrons. The summed E-state index contributed by atoms with van der Waals surface area (Å²) in [5.74, 6) is -0.0352. The molecule has 5 aromatic rings. The number of aromatic nitrogens is 2.